The molecule has 0 atom stereocenters. The zero-order valence-corrected chi connectivity index (χ0v) is 8.85. The Labute approximate surface area is 85.5 Å². The molecule has 0 aliphatic carbocycles. The Morgan fingerprint density at radius 2 is 1.93 bits per heavy atom. The number of rotatable bonds is 2. The molecule has 1 aliphatic rings. The summed E-state index contributed by atoms with van der Waals surface area (Å²) in [4.78, 5) is 2.31. The van der Waals surface area contributed by atoms with Crippen LogP contribution in [0.3, 0.4) is 0 Å². The van der Waals surface area contributed by atoms with Gasteiger partial charge in [0.25, 0.3) is 0 Å². The van der Waals surface area contributed by atoms with E-state index in [1.807, 2.05) is 0 Å². The fourth-order valence-electron chi connectivity index (χ4n) is 1.72. The standard InChI is InChI=1S/C12H17N2/c1-11(2)13-8-9-14(10-13)12-6-4-3-5-7-12/h3-7,10-11H,8-9H2,1-2H3/q+1. The summed E-state index contributed by atoms with van der Waals surface area (Å²) in [6.07, 6.45) is 2.22. The van der Waals surface area contributed by atoms with Crippen LogP contribution in [-0.4, -0.2) is 30.0 Å². The van der Waals surface area contributed by atoms with Gasteiger partial charge in [-0.15, -0.1) is 0 Å². The fraction of sp³-hybridized carbons (Fsp3) is 0.417. The maximum absolute atomic E-state index is 2.37. The quantitative estimate of drug-likeness (QED) is 0.645. The average Bonchev–Trinajstić information content (AvgIpc) is 2.68. The third kappa shape index (κ3) is 1.79. The minimum absolute atomic E-state index is 0.601. The highest BCUT2D eigenvalue weighted by molar-refractivity contribution is 5.76. The van der Waals surface area contributed by atoms with Crippen LogP contribution in [0.5, 0.6) is 0 Å². The molecule has 74 valence electrons. The van der Waals surface area contributed by atoms with Gasteiger partial charge >= 0.3 is 0 Å². The molecule has 0 N–H and O–H groups in total. The molecule has 0 radical (unpaired) electrons. The Kier molecular flexibility index (Phi) is 2.53. The van der Waals surface area contributed by atoms with E-state index >= 15 is 0 Å². The van der Waals surface area contributed by atoms with Crippen LogP contribution in [0.4, 0.5) is 5.69 Å². The van der Waals surface area contributed by atoms with Crippen LogP contribution in [0.15, 0.2) is 30.3 Å². The molecule has 2 heteroatoms. The van der Waals surface area contributed by atoms with Crippen LogP contribution in [0, 0.1) is 0 Å². The van der Waals surface area contributed by atoms with E-state index < -0.39 is 0 Å². The summed E-state index contributed by atoms with van der Waals surface area (Å²) in [7, 11) is 0. The average molecular weight is 189 g/mol. The lowest BCUT2D eigenvalue weighted by atomic mass is 10.3. The number of anilines is 1. The van der Waals surface area contributed by atoms with Crippen molar-refractivity contribution in [1.82, 2.24) is 0 Å². The monoisotopic (exact) mass is 189 g/mol. The normalized spacial score (nSPS) is 16.2. The van der Waals surface area contributed by atoms with E-state index in [9.17, 15) is 0 Å². The summed E-state index contributed by atoms with van der Waals surface area (Å²) in [5.74, 6) is 0. The largest absolute Gasteiger partial charge is 0.262 e. The summed E-state index contributed by atoms with van der Waals surface area (Å²) in [6.45, 7) is 6.69. The minimum Gasteiger partial charge on any atom is -0.262 e. The smallest absolute Gasteiger partial charge is 0.239 e. The van der Waals surface area contributed by atoms with Gasteiger partial charge < -0.3 is 0 Å². The van der Waals surface area contributed by atoms with Gasteiger partial charge in [0.15, 0.2) is 0 Å². The van der Waals surface area contributed by atoms with Gasteiger partial charge in [0.1, 0.15) is 18.8 Å². The van der Waals surface area contributed by atoms with E-state index in [0.29, 0.717) is 6.04 Å². The van der Waals surface area contributed by atoms with Crippen molar-refractivity contribution in [3.63, 3.8) is 0 Å². The Hall–Kier alpha value is -1.31. The summed E-state index contributed by atoms with van der Waals surface area (Å²) in [5, 5.41) is 0. The highest BCUT2D eigenvalue weighted by Crippen LogP contribution is 2.13. The van der Waals surface area contributed by atoms with E-state index in [4.69, 9.17) is 0 Å². The number of benzene rings is 1. The van der Waals surface area contributed by atoms with Crippen molar-refractivity contribution in [2.24, 2.45) is 0 Å². The molecule has 0 saturated heterocycles. The second kappa shape index (κ2) is 3.82. The Bertz CT molecular complexity index is 327. The molecule has 0 aromatic heterocycles. The molecular weight excluding hydrogens is 172 g/mol. The lowest BCUT2D eigenvalue weighted by Gasteiger charge is -2.04. The fourth-order valence-corrected chi connectivity index (χ4v) is 1.72. The van der Waals surface area contributed by atoms with Gasteiger partial charge in [0, 0.05) is 0 Å². The molecule has 0 unspecified atom stereocenters. The molecule has 1 aromatic rings. The summed E-state index contributed by atoms with van der Waals surface area (Å²) in [6, 6.07) is 11.1. The lowest BCUT2D eigenvalue weighted by Crippen LogP contribution is -2.19. The molecule has 0 fully saturated rings. The predicted molar refractivity (Wildman–Crippen MR) is 60.1 cm³/mol. The van der Waals surface area contributed by atoms with Crippen LogP contribution < -0.4 is 4.90 Å². The summed E-state index contributed by atoms with van der Waals surface area (Å²) >= 11 is 0. The third-order valence-corrected chi connectivity index (χ3v) is 2.64. The maximum atomic E-state index is 2.37. The van der Waals surface area contributed by atoms with Crippen molar-refractivity contribution in [3.05, 3.63) is 30.3 Å². The van der Waals surface area contributed by atoms with E-state index in [0.717, 1.165) is 13.1 Å². The molecule has 0 saturated carbocycles. The Morgan fingerprint density at radius 3 is 2.50 bits per heavy atom. The molecule has 0 bridgehead atoms. The molecule has 1 aliphatic heterocycles. The van der Waals surface area contributed by atoms with Crippen LogP contribution in [0.25, 0.3) is 0 Å². The molecule has 2 rings (SSSR count). The van der Waals surface area contributed by atoms with Crippen molar-refractivity contribution in [1.29, 1.82) is 0 Å². The SMILES string of the molecule is CC(C)[N+]1=CN(c2ccccc2)CC1. The molecular formula is C12H17N2+. The molecule has 1 heterocycles. The second-order valence-electron chi connectivity index (χ2n) is 3.98. The van der Waals surface area contributed by atoms with Crippen molar-refractivity contribution in [2.75, 3.05) is 18.0 Å². The van der Waals surface area contributed by atoms with E-state index in [-0.39, 0.29) is 0 Å². The molecule has 1 aromatic carbocycles. The van der Waals surface area contributed by atoms with Crippen LogP contribution in [-0.2, 0) is 0 Å². The number of para-hydroxylation sites is 1. The van der Waals surface area contributed by atoms with Crippen LogP contribution in [0.2, 0.25) is 0 Å². The van der Waals surface area contributed by atoms with Gasteiger partial charge in [-0.2, -0.15) is 0 Å². The second-order valence-corrected chi connectivity index (χ2v) is 3.98. The van der Waals surface area contributed by atoms with Crippen molar-refractivity contribution in [3.8, 4) is 0 Å². The van der Waals surface area contributed by atoms with Crippen molar-refractivity contribution >= 4 is 12.0 Å². The van der Waals surface area contributed by atoms with E-state index in [1.165, 1.54) is 5.69 Å². The highest BCUT2D eigenvalue weighted by atomic mass is 15.3. The maximum Gasteiger partial charge on any atom is 0.239 e. The summed E-state index contributed by atoms with van der Waals surface area (Å²) in [5.41, 5.74) is 1.29. The van der Waals surface area contributed by atoms with Gasteiger partial charge in [-0.1, -0.05) is 18.2 Å². The summed E-state index contributed by atoms with van der Waals surface area (Å²) < 4.78 is 2.37. The zero-order chi connectivity index (χ0) is 9.97. The van der Waals surface area contributed by atoms with Gasteiger partial charge in [0.2, 0.25) is 6.34 Å². The van der Waals surface area contributed by atoms with Crippen molar-refractivity contribution in [2.45, 2.75) is 19.9 Å². The van der Waals surface area contributed by atoms with Gasteiger partial charge in [0.05, 0.1) is 6.04 Å². The molecule has 14 heavy (non-hydrogen) atoms. The Morgan fingerprint density at radius 1 is 1.21 bits per heavy atom. The van der Waals surface area contributed by atoms with Crippen LogP contribution in [0.1, 0.15) is 13.8 Å². The van der Waals surface area contributed by atoms with Gasteiger partial charge in [-0.3, -0.25) is 4.58 Å². The highest BCUT2D eigenvalue weighted by Gasteiger charge is 2.21. The number of hydrogen-bond acceptors (Lipinski definition) is 1. The molecule has 0 spiro atoms. The van der Waals surface area contributed by atoms with E-state index in [2.05, 4.69) is 60.0 Å². The topological polar surface area (TPSA) is 6.25 Å². The lowest BCUT2D eigenvalue weighted by molar-refractivity contribution is -0.545. The van der Waals surface area contributed by atoms with Crippen LogP contribution >= 0.6 is 0 Å². The van der Waals surface area contributed by atoms with E-state index in [1.54, 1.807) is 0 Å². The van der Waals surface area contributed by atoms with Gasteiger partial charge in [-0.25, -0.2) is 4.90 Å². The van der Waals surface area contributed by atoms with Gasteiger partial charge in [-0.05, 0) is 26.0 Å². The number of nitrogens with zero attached hydrogens (tertiary/aromatic N) is 2. The number of hydrogen-bond donors (Lipinski definition) is 0. The predicted octanol–water partition coefficient (Wildman–Crippen LogP) is 1.96. The first-order valence-electron chi connectivity index (χ1n) is 5.20. The molecule has 2 nitrogen and oxygen atoms in total. The zero-order valence-electron chi connectivity index (χ0n) is 8.85. The first kappa shape index (κ1) is 9.25. The molecule has 0 amide bonds. The third-order valence-electron chi connectivity index (χ3n) is 2.64. The Balaban J connectivity index is 2.16. The first-order valence-corrected chi connectivity index (χ1v) is 5.20. The van der Waals surface area contributed by atoms with Crippen molar-refractivity contribution < 1.29 is 4.58 Å². The first-order chi connectivity index (χ1) is 6.77. The minimum atomic E-state index is 0.601.